The van der Waals surface area contributed by atoms with Crippen LogP contribution in [-0.4, -0.2) is 64.7 Å². The Morgan fingerprint density at radius 2 is 1.67 bits per heavy atom. The van der Waals surface area contributed by atoms with E-state index in [2.05, 4.69) is 20.5 Å². The molecule has 1 aromatic carbocycles. The monoisotopic (exact) mass is 538 g/mol. The van der Waals surface area contributed by atoms with Crippen LogP contribution in [-0.2, 0) is 22.5 Å². The van der Waals surface area contributed by atoms with Gasteiger partial charge in [0.1, 0.15) is 23.0 Å². The summed E-state index contributed by atoms with van der Waals surface area (Å²) in [5.41, 5.74) is 1.32. The van der Waals surface area contributed by atoms with Crippen LogP contribution in [0.1, 0.15) is 82.9 Å². The highest BCUT2D eigenvalue weighted by Crippen LogP contribution is 2.20. The standard InChI is InChI=1S/C31H46N4O4/c1-22(21-35-16-8-9-17-35)34-28(36)24-14-15-32-25(19-24)20-33-27(29(37)39-31(5,6)7)18-23-10-12-26(13-11-23)38-30(2,3)4/h10-15,19,22,27,33H,8-9,16-18,20-21H2,1-7H3,(H,34,36). The van der Waals surface area contributed by atoms with E-state index >= 15 is 0 Å². The van der Waals surface area contributed by atoms with Crippen molar-refractivity contribution in [1.29, 1.82) is 0 Å². The molecule has 39 heavy (non-hydrogen) atoms. The van der Waals surface area contributed by atoms with Crippen molar-refractivity contribution in [3.8, 4) is 5.75 Å². The van der Waals surface area contributed by atoms with Gasteiger partial charge in [-0.3, -0.25) is 19.9 Å². The zero-order valence-corrected chi connectivity index (χ0v) is 24.7. The molecule has 1 amide bonds. The van der Waals surface area contributed by atoms with Crippen LogP contribution in [0, 0.1) is 0 Å². The van der Waals surface area contributed by atoms with Crippen molar-refractivity contribution in [3.05, 3.63) is 59.4 Å². The lowest BCUT2D eigenvalue weighted by atomic mass is 10.0. The second kappa shape index (κ2) is 13.4. The molecule has 1 aliphatic heterocycles. The second-order valence-electron chi connectivity index (χ2n) is 12.4. The number of carbonyl (C=O) groups excluding carboxylic acids is 2. The largest absolute Gasteiger partial charge is 0.488 e. The molecule has 1 saturated heterocycles. The summed E-state index contributed by atoms with van der Waals surface area (Å²) in [7, 11) is 0. The van der Waals surface area contributed by atoms with E-state index < -0.39 is 11.6 Å². The van der Waals surface area contributed by atoms with Crippen molar-refractivity contribution in [3.63, 3.8) is 0 Å². The van der Waals surface area contributed by atoms with E-state index in [1.54, 1.807) is 18.3 Å². The first-order chi connectivity index (χ1) is 18.3. The van der Waals surface area contributed by atoms with Crippen molar-refractivity contribution in [2.24, 2.45) is 0 Å². The fourth-order valence-electron chi connectivity index (χ4n) is 4.54. The van der Waals surface area contributed by atoms with Crippen molar-refractivity contribution in [1.82, 2.24) is 20.5 Å². The first-order valence-corrected chi connectivity index (χ1v) is 14.0. The van der Waals surface area contributed by atoms with Gasteiger partial charge >= 0.3 is 5.97 Å². The van der Waals surface area contributed by atoms with Crippen LogP contribution in [0.3, 0.4) is 0 Å². The number of nitrogens with one attached hydrogen (secondary N) is 2. The molecular weight excluding hydrogens is 492 g/mol. The molecule has 8 heteroatoms. The number of nitrogens with zero attached hydrogens (tertiary/aromatic N) is 2. The molecule has 3 rings (SSSR count). The second-order valence-corrected chi connectivity index (χ2v) is 12.4. The number of amides is 1. The molecule has 2 unspecified atom stereocenters. The Hall–Kier alpha value is -2.97. The van der Waals surface area contributed by atoms with E-state index in [4.69, 9.17) is 9.47 Å². The molecule has 214 valence electrons. The third-order valence-corrected chi connectivity index (χ3v) is 6.20. The third-order valence-electron chi connectivity index (χ3n) is 6.20. The number of carbonyl (C=O) groups is 2. The van der Waals surface area contributed by atoms with E-state index in [0.717, 1.165) is 30.9 Å². The lowest BCUT2D eigenvalue weighted by molar-refractivity contribution is -0.157. The Bertz CT molecular complexity index is 1080. The molecule has 0 spiro atoms. The highest BCUT2D eigenvalue weighted by Gasteiger charge is 2.26. The van der Waals surface area contributed by atoms with Crippen LogP contribution in [0.4, 0.5) is 0 Å². The summed E-state index contributed by atoms with van der Waals surface area (Å²) in [6, 6.07) is 10.7. The molecule has 2 heterocycles. The predicted octanol–water partition coefficient (Wildman–Crippen LogP) is 4.52. The number of esters is 1. The minimum absolute atomic E-state index is 0.0575. The van der Waals surface area contributed by atoms with Crippen molar-refractivity contribution in [2.45, 2.75) is 97.6 Å². The molecule has 1 fully saturated rings. The minimum atomic E-state index is -0.608. The van der Waals surface area contributed by atoms with Crippen LogP contribution in [0.2, 0.25) is 0 Å². The van der Waals surface area contributed by atoms with E-state index in [9.17, 15) is 9.59 Å². The average Bonchev–Trinajstić information content (AvgIpc) is 3.33. The van der Waals surface area contributed by atoms with E-state index in [1.165, 1.54) is 12.8 Å². The van der Waals surface area contributed by atoms with Crippen molar-refractivity contribution < 1.29 is 19.1 Å². The average molecular weight is 539 g/mol. The number of aromatic nitrogens is 1. The van der Waals surface area contributed by atoms with Gasteiger partial charge in [0.15, 0.2) is 0 Å². The number of likely N-dealkylation sites (tertiary alicyclic amines) is 1. The fourth-order valence-corrected chi connectivity index (χ4v) is 4.54. The number of benzene rings is 1. The summed E-state index contributed by atoms with van der Waals surface area (Å²) < 4.78 is 11.6. The molecule has 0 saturated carbocycles. The number of ether oxygens (including phenoxy) is 2. The Labute approximate surface area is 233 Å². The quantitative estimate of drug-likeness (QED) is 0.407. The van der Waals surface area contributed by atoms with Gasteiger partial charge in [0, 0.05) is 30.9 Å². The van der Waals surface area contributed by atoms with Gasteiger partial charge in [-0.25, -0.2) is 0 Å². The Kier molecular flexibility index (Phi) is 10.5. The molecular formula is C31H46N4O4. The predicted molar refractivity (Wildman–Crippen MR) is 154 cm³/mol. The Morgan fingerprint density at radius 1 is 1.00 bits per heavy atom. The molecule has 0 bridgehead atoms. The van der Waals surface area contributed by atoms with E-state index in [1.807, 2.05) is 72.7 Å². The zero-order chi connectivity index (χ0) is 28.6. The molecule has 0 aliphatic carbocycles. The van der Waals surface area contributed by atoms with Crippen LogP contribution in [0.15, 0.2) is 42.6 Å². The summed E-state index contributed by atoms with van der Waals surface area (Å²) in [6.07, 6.45) is 4.53. The molecule has 2 atom stereocenters. The SMILES string of the molecule is CC(CN1CCCC1)NC(=O)c1ccnc(CNC(Cc2ccc(OC(C)(C)C)cc2)C(=O)OC(C)(C)C)c1. The van der Waals surface area contributed by atoms with Crippen LogP contribution in [0.5, 0.6) is 5.75 Å². The van der Waals surface area contributed by atoms with Gasteiger partial charge < -0.3 is 19.7 Å². The normalized spacial score (nSPS) is 16.0. The van der Waals surface area contributed by atoms with Gasteiger partial charge in [-0.05, 0) is 111 Å². The Balaban J connectivity index is 1.64. The van der Waals surface area contributed by atoms with E-state index in [-0.39, 0.29) is 23.5 Å². The number of rotatable bonds is 11. The van der Waals surface area contributed by atoms with Crippen LogP contribution < -0.4 is 15.4 Å². The van der Waals surface area contributed by atoms with E-state index in [0.29, 0.717) is 24.2 Å². The van der Waals surface area contributed by atoms with Crippen LogP contribution >= 0.6 is 0 Å². The topological polar surface area (TPSA) is 92.8 Å². The smallest absolute Gasteiger partial charge is 0.324 e. The van der Waals surface area contributed by atoms with Gasteiger partial charge in [-0.15, -0.1) is 0 Å². The summed E-state index contributed by atoms with van der Waals surface area (Å²) >= 11 is 0. The highest BCUT2D eigenvalue weighted by atomic mass is 16.6. The maximum Gasteiger partial charge on any atom is 0.324 e. The van der Waals surface area contributed by atoms with Gasteiger partial charge in [-0.2, -0.15) is 0 Å². The summed E-state index contributed by atoms with van der Waals surface area (Å²) in [5.74, 6) is 0.329. The first kappa shape index (κ1) is 30.6. The molecule has 0 radical (unpaired) electrons. The summed E-state index contributed by atoms with van der Waals surface area (Å²) in [6.45, 7) is 17.0. The van der Waals surface area contributed by atoms with Crippen molar-refractivity contribution in [2.75, 3.05) is 19.6 Å². The highest BCUT2D eigenvalue weighted by molar-refractivity contribution is 5.94. The lowest BCUT2D eigenvalue weighted by Crippen LogP contribution is -2.42. The van der Waals surface area contributed by atoms with Crippen LogP contribution in [0.25, 0.3) is 0 Å². The van der Waals surface area contributed by atoms with Gasteiger partial charge in [0.25, 0.3) is 5.91 Å². The van der Waals surface area contributed by atoms with Gasteiger partial charge in [0.05, 0.1) is 5.69 Å². The first-order valence-electron chi connectivity index (χ1n) is 14.0. The van der Waals surface area contributed by atoms with Gasteiger partial charge in [0.2, 0.25) is 0 Å². The number of hydrogen-bond acceptors (Lipinski definition) is 7. The Morgan fingerprint density at radius 3 is 2.28 bits per heavy atom. The summed E-state index contributed by atoms with van der Waals surface area (Å²) in [5, 5.41) is 6.41. The number of pyridine rings is 1. The fraction of sp³-hybridized carbons (Fsp3) is 0.581. The lowest BCUT2D eigenvalue weighted by Gasteiger charge is -2.25. The summed E-state index contributed by atoms with van der Waals surface area (Å²) in [4.78, 5) is 32.8. The molecule has 1 aromatic heterocycles. The minimum Gasteiger partial charge on any atom is -0.488 e. The molecule has 8 nitrogen and oxygen atoms in total. The maximum atomic E-state index is 13.1. The maximum absolute atomic E-state index is 13.1. The van der Waals surface area contributed by atoms with Crippen molar-refractivity contribution >= 4 is 11.9 Å². The molecule has 2 aromatic rings. The zero-order valence-electron chi connectivity index (χ0n) is 24.7. The third kappa shape index (κ3) is 11.0. The number of hydrogen-bond donors (Lipinski definition) is 2. The van der Waals surface area contributed by atoms with Gasteiger partial charge in [-0.1, -0.05) is 12.1 Å². The molecule has 1 aliphatic rings. The molecule has 2 N–H and O–H groups in total.